The van der Waals surface area contributed by atoms with Gasteiger partial charge in [-0.2, -0.15) is 0 Å². The fourth-order valence-electron chi connectivity index (χ4n) is 1.21. The number of terminal acetylenes is 1. The molecule has 1 aromatic heterocycles. The van der Waals surface area contributed by atoms with E-state index in [-0.39, 0.29) is 0 Å². The highest BCUT2D eigenvalue weighted by Crippen LogP contribution is 2.00. The van der Waals surface area contributed by atoms with Gasteiger partial charge in [-0.3, -0.25) is 4.99 Å². The number of aliphatic imine (C=N–C) groups is 1. The summed E-state index contributed by atoms with van der Waals surface area (Å²) in [6, 6.07) is 3.80. The fourth-order valence-corrected chi connectivity index (χ4v) is 1.21. The number of furan rings is 1. The third-order valence-corrected chi connectivity index (χ3v) is 1.98. The van der Waals surface area contributed by atoms with Gasteiger partial charge in [-0.15, -0.1) is 13.0 Å². The van der Waals surface area contributed by atoms with Gasteiger partial charge in [0.15, 0.2) is 5.96 Å². The summed E-state index contributed by atoms with van der Waals surface area (Å²) in [7, 11) is 0. The summed E-state index contributed by atoms with van der Waals surface area (Å²) in [6.07, 6.45) is 9.37. The summed E-state index contributed by atoms with van der Waals surface area (Å²) in [5.41, 5.74) is 0. The van der Waals surface area contributed by atoms with Crippen molar-refractivity contribution in [1.82, 2.24) is 10.6 Å². The molecule has 0 unspecified atom stereocenters. The maximum Gasteiger partial charge on any atom is 0.192 e. The van der Waals surface area contributed by atoms with Gasteiger partial charge in [0, 0.05) is 19.5 Å². The van der Waals surface area contributed by atoms with E-state index in [1.807, 2.05) is 12.1 Å². The van der Waals surface area contributed by atoms with Crippen LogP contribution in [0.3, 0.4) is 0 Å². The van der Waals surface area contributed by atoms with Crippen molar-refractivity contribution in [2.45, 2.75) is 6.42 Å². The van der Waals surface area contributed by atoms with Gasteiger partial charge in [-0.1, -0.05) is 12.0 Å². The molecule has 0 atom stereocenters. The topological polar surface area (TPSA) is 49.6 Å². The molecule has 0 bridgehead atoms. The van der Waals surface area contributed by atoms with Crippen LogP contribution in [-0.2, 0) is 6.42 Å². The van der Waals surface area contributed by atoms with E-state index in [9.17, 15) is 0 Å². The van der Waals surface area contributed by atoms with Crippen LogP contribution in [0.5, 0.6) is 0 Å². The summed E-state index contributed by atoms with van der Waals surface area (Å²) >= 11 is 0. The van der Waals surface area contributed by atoms with Crippen LogP contribution < -0.4 is 10.6 Å². The van der Waals surface area contributed by atoms with Crippen molar-refractivity contribution in [3.63, 3.8) is 0 Å². The first-order valence-corrected chi connectivity index (χ1v) is 5.45. The first-order valence-electron chi connectivity index (χ1n) is 5.45. The van der Waals surface area contributed by atoms with Crippen molar-refractivity contribution in [2.24, 2.45) is 4.99 Å². The molecule has 0 saturated carbocycles. The molecule has 1 heterocycles. The molecule has 0 spiro atoms. The zero-order valence-electron chi connectivity index (χ0n) is 9.78. The Hall–Kier alpha value is -2.15. The van der Waals surface area contributed by atoms with Crippen molar-refractivity contribution < 1.29 is 4.42 Å². The monoisotopic (exact) mass is 231 g/mol. The Morgan fingerprint density at radius 1 is 1.59 bits per heavy atom. The minimum absolute atomic E-state index is 0.448. The maximum atomic E-state index is 5.22. The predicted octanol–water partition coefficient (Wildman–Crippen LogP) is 1.18. The van der Waals surface area contributed by atoms with Crippen LogP contribution in [0, 0.1) is 12.3 Å². The Bertz CT molecular complexity index is 387. The first kappa shape index (κ1) is 12.9. The zero-order chi connectivity index (χ0) is 12.3. The molecule has 90 valence electrons. The van der Waals surface area contributed by atoms with Gasteiger partial charge in [0.25, 0.3) is 0 Å². The van der Waals surface area contributed by atoms with Crippen molar-refractivity contribution in [1.29, 1.82) is 0 Å². The summed E-state index contributed by atoms with van der Waals surface area (Å²) in [5.74, 6) is 4.12. The molecule has 17 heavy (non-hydrogen) atoms. The van der Waals surface area contributed by atoms with Gasteiger partial charge in [-0.25, -0.2) is 0 Å². The molecule has 0 aromatic carbocycles. The van der Waals surface area contributed by atoms with Crippen LogP contribution in [0.4, 0.5) is 0 Å². The highest BCUT2D eigenvalue weighted by molar-refractivity contribution is 5.80. The lowest BCUT2D eigenvalue weighted by Gasteiger charge is -2.08. The van der Waals surface area contributed by atoms with Crippen LogP contribution in [0.15, 0.2) is 40.5 Å². The lowest BCUT2D eigenvalue weighted by molar-refractivity contribution is 0.511. The van der Waals surface area contributed by atoms with E-state index >= 15 is 0 Å². The van der Waals surface area contributed by atoms with Crippen LogP contribution in [-0.4, -0.2) is 25.6 Å². The first-order chi connectivity index (χ1) is 8.36. The van der Waals surface area contributed by atoms with E-state index in [1.165, 1.54) is 0 Å². The third-order valence-electron chi connectivity index (χ3n) is 1.98. The van der Waals surface area contributed by atoms with Crippen molar-refractivity contribution >= 4 is 5.96 Å². The van der Waals surface area contributed by atoms with E-state index in [4.69, 9.17) is 10.8 Å². The van der Waals surface area contributed by atoms with Crippen LogP contribution >= 0.6 is 0 Å². The minimum atomic E-state index is 0.448. The van der Waals surface area contributed by atoms with Gasteiger partial charge in [0.1, 0.15) is 5.76 Å². The molecule has 4 nitrogen and oxygen atoms in total. The smallest absolute Gasteiger partial charge is 0.192 e. The van der Waals surface area contributed by atoms with Crippen LogP contribution in [0.25, 0.3) is 0 Å². The summed E-state index contributed by atoms with van der Waals surface area (Å²) in [5, 5.41) is 6.09. The van der Waals surface area contributed by atoms with E-state index in [0.29, 0.717) is 25.6 Å². The number of hydrogen-bond donors (Lipinski definition) is 2. The average molecular weight is 231 g/mol. The second-order valence-corrected chi connectivity index (χ2v) is 3.29. The third kappa shape index (κ3) is 5.47. The second-order valence-electron chi connectivity index (χ2n) is 3.29. The lowest BCUT2D eigenvalue weighted by atomic mass is 10.3. The zero-order valence-corrected chi connectivity index (χ0v) is 9.78. The number of guanidine groups is 1. The minimum Gasteiger partial charge on any atom is -0.469 e. The number of rotatable bonds is 6. The molecule has 0 aliphatic rings. The number of nitrogens with one attached hydrogen (secondary N) is 2. The standard InChI is InChI=1S/C13H17N3O/c1-3-8-14-13(15-9-4-2)16-10-7-12-6-5-11-17-12/h1,4-6,11H,2,7-10H2,(H2,14,15,16). The Labute approximate surface area is 102 Å². The molecule has 2 N–H and O–H groups in total. The molecule has 0 amide bonds. The lowest BCUT2D eigenvalue weighted by Crippen LogP contribution is -2.37. The number of hydrogen-bond acceptors (Lipinski definition) is 2. The predicted molar refractivity (Wildman–Crippen MR) is 69.7 cm³/mol. The normalized spacial score (nSPS) is 10.6. The summed E-state index contributed by atoms with van der Waals surface area (Å²) in [6.45, 7) is 5.37. The molecule has 0 saturated heterocycles. The molecule has 0 radical (unpaired) electrons. The summed E-state index contributed by atoms with van der Waals surface area (Å²) < 4.78 is 5.22. The van der Waals surface area contributed by atoms with Crippen molar-refractivity contribution in [3.05, 3.63) is 36.8 Å². The van der Waals surface area contributed by atoms with E-state index < -0.39 is 0 Å². The highest BCUT2D eigenvalue weighted by atomic mass is 16.3. The van der Waals surface area contributed by atoms with Gasteiger partial charge in [0.2, 0.25) is 0 Å². The molecule has 1 aromatic rings. The van der Waals surface area contributed by atoms with Crippen molar-refractivity contribution in [3.8, 4) is 12.3 Å². The molecule has 0 aliphatic heterocycles. The highest BCUT2D eigenvalue weighted by Gasteiger charge is 1.97. The maximum absolute atomic E-state index is 5.22. The van der Waals surface area contributed by atoms with Crippen molar-refractivity contribution in [2.75, 3.05) is 19.6 Å². The molecule has 4 heteroatoms. The largest absolute Gasteiger partial charge is 0.469 e. The second kappa shape index (κ2) is 8.05. The molecule has 0 aliphatic carbocycles. The van der Waals surface area contributed by atoms with Gasteiger partial charge < -0.3 is 15.1 Å². The van der Waals surface area contributed by atoms with E-state index in [2.05, 4.69) is 28.1 Å². The van der Waals surface area contributed by atoms with E-state index in [1.54, 1.807) is 12.3 Å². The van der Waals surface area contributed by atoms with Gasteiger partial charge in [-0.05, 0) is 12.1 Å². The Kier molecular flexibility index (Phi) is 6.12. The van der Waals surface area contributed by atoms with Crippen LogP contribution in [0.1, 0.15) is 5.76 Å². The average Bonchev–Trinajstić information content (AvgIpc) is 2.85. The SMILES string of the molecule is C#CCNC(=NCCc1ccco1)NCC=C. The molecular weight excluding hydrogens is 214 g/mol. The molecular formula is C13H17N3O. The Balaban J connectivity index is 2.38. The van der Waals surface area contributed by atoms with Gasteiger partial charge in [0.05, 0.1) is 12.8 Å². The number of nitrogens with zero attached hydrogens (tertiary/aromatic N) is 1. The molecule has 0 fully saturated rings. The molecule has 1 rings (SSSR count). The summed E-state index contributed by atoms with van der Waals surface area (Å²) in [4.78, 5) is 4.36. The van der Waals surface area contributed by atoms with Crippen LogP contribution in [0.2, 0.25) is 0 Å². The quantitative estimate of drug-likeness (QED) is 0.334. The fraction of sp³-hybridized carbons (Fsp3) is 0.308. The van der Waals surface area contributed by atoms with Gasteiger partial charge >= 0.3 is 0 Å². The Morgan fingerprint density at radius 3 is 3.12 bits per heavy atom. The van der Waals surface area contributed by atoms with E-state index in [0.717, 1.165) is 12.2 Å². The Morgan fingerprint density at radius 2 is 2.47 bits per heavy atom.